The average molecular weight is 259 g/mol. The first-order chi connectivity index (χ1) is 8.19. The number of rotatable bonds is 8. The molecule has 0 fully saturated rings. The van der Waals surface area contributed by atoms with Crippen molar-refractivity contribution in [1.29, 1.82) is 0 Å². The van der Waals surface area contributed by atoms with Gasteiger partial charge in [0.2, 0.25) is 5.91 Å². The normalized spacial score (nSPS) is 14.9. The Balaban J connectivity index is 4.14. The van der Waals surface area contributed by atoms with Gasteiger partial charge in [-0.05, 0) is 19.9 Å². The molecule has 18 heavy (non-hydrogen) atoms. The lowest BCUT2D eigenvalue weighted by Crippen LogP contribution is -2.45. The minimum atomic E-state index is -0.961. The molecule has 0 saturated heterocycles. The first-order valence-electron chi connectivity index (χ1n) is 6.06. The second-order valence-corrected chi connectivity index (χ2v) is 5.46. The van der Waals surface area contributed by atoms with Crippen molar-refractivity contribution in [2.45, 2.75) is 27.2 Å². The van der Waals surface area contributed by atoms with E-state index in [0.717, 1.165) is 0 Å². The van der Waals surface area contributed by atoms with Crippen LogP contribution in [0, 0.1) is 10.8 Å². The van der Waals surface area contributed by atoms with E-state index in [4.69, 9.17) is 10.8 Å². The SMILES string of the molecule is CNC(=O)C(C)(C)CCNCC(C)(CN)C(=O)O. The Hall–Kier alpha value is -1.14. The zero-order valence-electron chi connectivity index (χ0n) is 11.7. The van der Waals surface area contributed by atoms with Crippen LogP contribution in [0.15, 0.2) is 0 Å². The van der Waals surface area contributed by atoms with E-state index in [0.29, 0.717) is 19.5 Å². The monoisotopic (exact) mass is 259 g/mol. The number of hydrogen-bond donors (Lipinski definition) is 4. The lowest BCUT2D eigenvalue weighted by Gasteiger charge is -2.26. The third-order valence-electron chi connectivity index (χ3n) is 3.25. The second-order valence-electron chi connectivity index (χ2n) is 5.46. The predicted molar refractivity (Wildman–Crippen MR) is 70.1 cm³/mol. The Kier molecular flexibility index (Phi) is 6.28. The summed E-state index contributed by atoms with van der Waals surface area (Å²) in [6.45, 7) is 6.26. The van der Waals surface area contributed by atoms with Crippen LogP contribution in [-0.4, -0.2) is 43.7 Å². The van der Waals surface area contributed by atoms with Crippen molar-refractivity contribution in [3.63, 3.8) is 0 Å². The first-order valence-corrected chi connectivity index (χ1v) is 6.06. The van der Waals surface area contributed by atoms with Gasteiger partial charge < -0.3 is 21.5 Å². The van der Waals surface area contributed by atoms with Gasteiger partial charge in [0.05, 0.1) is 5.41 Å². The molecule has 0 spiro atoms. The third kappa shape index (κ3) is 4.62. The highest BCUT2D eigenvalue weighted by molar-refractivity contribution is 5.81. The molecule has 1 atom stereocenters. The van der Waals surface area contributed by atoms with Crippen molar-refractivity contribution in [2.75, 3.05) is 26.7 Å². The van der Waals surface area contributed by atoms with Crippen LogP contribution < -0.4 is 16.4 Å². The molecule has 6 nitrogen and oxygen atoms in total. The molecule has 0 saturated carbocycles. The molecule has 0 aromatic heterocycles. The van der Waals surface area contributed by atoms with Gasteiger partial charge in [0.15, 0.2) is 0 Å². The van der Waals surface area contributed by atoms with Gasteiger partial charge in [0, 0.05) is 25.6 Å². The summed E-state index contributed by atoms with van der Waals surface area (Å²) in [6.07, 6.45) is 0.632. The standard InChI is InChI=1S/C12H25N3O3/c1-11(2,9(16)14-4)5-6-15-8-12(3,7-13)10(17)18/h15H,5-8,13H2,1-4H3,(H,14,16)(H,17,18). The number of carboxylic acids is 1. The minimum absolute atomic E-state index is 0.0240. The molecule has 0 aliphatic heterocycles. The van der Waals surface area contributed by atoms with Crippen molar-refractivity contribution in [2.24, 2.45) is 16.6 Å². The molecular weight excluding hydrogens is 234 g/mol. The summed E-state index contributed by atoms with van der Waals surface area (Å²) in [6, 6.07) is 0. The largest absolute Gasteiger partial charge is 0.481 e. The summed E-state index contributed by atoms with van der Waals surface area (Å²) in [4.78, 5) is 22.5. The Labute approximate surface area is 108 Å². The number of carboxylic acid groups (broad SMARTS) is 1. The zero-order valence-corrected chi connectivity index (χ0v) is 11.7. The van der Waals surface area contributed by atoms with Crippen LogP contribution in [0.3, 0.4) is 0 Å². The van der Waals surface area contributed by atoms with Gasteiger partial charge in [-0.1, -0.05) is 13.8 Å². The van der Waals surface area contributed by atoms with E-state index in [2.05, 4.69) is 10.6 Å². The molecule has 1 unspecified atom stereocenters. The van der Waals surface area contributed by atoms with Gasteiger partial charge in [-0.25, -0.2) is 0 Å². The molecule has 0 radical (unpaired) electrons. The first kappa shape index (κ1) is 16.9. The van der Waals surface area contributed by atoms with Crippen LogP contribution in [0.5, 0.6) is 0 Å². The summed E-state index contributed by atoms with van der Waals surface area (Å²) < 4.78 is 0. The molecule has 0 aliphatic rings. The number of nitrogens with one attached hydrogen (secondary N) is 2. The van der Waals surface area contributed by atoms with Crippen LogP contribution in [0.1, 0.15) is 27.2 Å². The smallest absolute Gasteiger partial charge is 0.311 e. The van der Waals surface area contributed by atoms with E-state index in [-0.39, 0.29) is 12.5 Å². The van der Waals surface area contributed by atoms with Crippen molar-refractivity contribution >= 4 is 11.9 Å². The van der Waals surface area contributed by atoms with E-state index in [9.17, 15) is 9.59 Å². The number of aliphatic carboxylic acids is 1. The fraction of sp³-hybridized carbons (Fsp3) is 0.833. The Morgan fingerprint density at radius 1 is 1.28 bits per heavy atom. The van der Waals surface area contributed by atoms with Crippen LogP contribution >= 0.6 is 0 Å². The van der Waals surface area contributed by atoms with E-state index in [1.54, 1.807) is 14.0 Å². The Morgan fingerprint density at radius 3 is 2.22 bits per heavy atom. The zero-order chi connectivity index (χ0) is 14.4. The molecule has 1 amide bonds. The minimum Gasteiger partial charge on any atom is -0.481 e. The summed E-state index contributed by atoms with van der Waals surface area (Å²) in [5.74, 6) is -0.938. The lowest BCUT2D eigenvalue weighted by molar-refractivity contribution is -0.147. The lowest BCUT2D eigenvalue weighted by atomic mass is 9.87. The predicted octanol–water partition coefficient (Wildman–Crippen LogP) is -0.212. The van der Waals surface area contributed by atoms with Crippen molar-refractivity contribution in [3.05, 3.63) is 0 Å². The summed E-state index contributed by atoms with van der Waals surface area (Å²) in [7, 11) is 1.60. The fourth-order valence-corrected chi connectivity index (χ4v) is 1.45. The van der Waals surface area contributed by atoms with E-state index < -0.39 is 16.8 Å². The maximum absolute atomic E-state index is 11.5. The summed E-state index contributed by atoms with van der Waals surface area (Å²) in [5, 5.41) is 14.7. The third-order valence-corrected chi connectivity index (χ3v) is 3.25. The van der Waals surface area contributed by atoms with Gasteiger partial charge in [0.25, 0.3) is 0 Å². The second kappa shape index (κ2) is 6.70. The molecule has 5 N–H and O–H groups in total. The number of carbonyl (C=O) groups is 2. The number of nitrogens with two attached hydrogens (primary N) is 1. The number of hydrogen-bond acceptors (Lipinski definition) is 4. The highest BCUT2D eigenvalue weighted by atomic mass is 16.4. The highest BCUT2D eigenvalue weighted by Gasteiger charge is 2.31. The van der Waals surface area contributed by atoms with E-state index in [1.807, 2.05) is 13.8 Å². The maximum atomic E-state index is 11.5. The van der Waals surface area contributed by atoms with Crippen molar-refractivity contribution in [3.8, 4) is 0 Å². The fourth-order valence-electron chi connectivity index (χ4n) is 1.45. The summed E-state index contributed by atoms with van der Waals surface area (Å²) in [5.41, 5.74) is 4.03. The molecular formula is C12H25N3O3. The van der Waals surface area contributed by atoms with Crippen LogP contribution in [0.2, 0.25) is 0 Å². The molecule has 0 bridgehead atoms. The van der Waals surface area contributed by atoms with Crippen molar-refractivity contribution in [1.82, 2.24) is 10.6 Å². The quantitative estimate of drug-likeness (QED) is 0.451. The van der Waals surface area contributed by atoms with E-state index >= 15 is 0 Å². The van der Waals surface area contributed by atoms with Crippen LogP contribution in [-0.2, 0) is 9.59 Å². The van der Waals surface area contributed by atoms with Crippen molar-refractivity contribution < 1.29 is 14.7 Å². The number of carbonyl (C=O) groups excluding carboxylic acids is 1. The Bertz CT molecular complexity index is 305. The average Bonchev–Trinajstić information content (AvgIpc) is 2.32. The molecule has 0 heterocycles. The molecule has 0 aromatic rings. The van der Waals surface area contributed by atoms with Gasteiger partial charge in [-0.3, -0.25) is 9.59 Å². The van der Waals surface area contributed by atoms with E-state index in [1.165, 1.54) is 0 Å². The van der Waals surface area contributed by atoms with Crippen LogP contribution in [0.4, 0.5) is 0 Å². The molecule has 0 aromatic carbocycles. The highest BCUT2D eigenvalue weighted by Crippen LogP contribution is 2.20. The van der Waals surface area contributed by atoms with Gasteiger partial charge in [-0.15, -0.1) is 0 Å². The maximum Gasteiger partial charge on any atom is 0.311 e. The molecule has 0 aliphatic carbocycles. The molecule has 6 heteroatoms. The number of amides is 1. The van der Waals surface area contributed by atoms with Gasteiger partial charge >= 0.3 is 5.97 Å². The van der Waals surface area contributed by atoms with Gasteiger partial charge in [0.1, 0.15) is 0 Å². The molecule has 106 valence electrons. The topological polar surface area (TPSA) is 104 Å². The summed E-state index contributed by atoms with van der Waals surface area (Å²) >= 11 is 0. The van der Waals surface area contributed by atoms with Gasteiger partial charge in [-0.2, -0.15) is 0 Å². The molecule has 0 rings (SSSR count). The Morgan fingerprint density at radius 2 is 1.83 bits per heavy atom. The van der Waals surface area contributed by atoms with Crippen LogP contribution in [0.25, 0.3) is 0 Å².